The Bertz CT molecular complexity index is 538. The van der Waals surface area contributed by atoms with Crippen LogP contribution >= 0.6 is 15.9 Å². The smallest absolute Gasteiger partial charge is 0.0700 e. The van der Waals surface area contributed by atoms with Crippen molar-refractivity contribution in [1.29, 1.82) is 0 Å². The average Bonchev–Trinajstić information content (AvgIpc) is 2.94. The van der Waals surface area contributed by atoms with Crippen molar-refractivity contribution < 1.29 is 0 Å². The summed E-state index contributed by atoms with van der Waals surface area (Å²) in [7, 11) is 0. The predicted molar refractivity (Wildman–Crippen MR) is 74.3 cm³/mol. The van der Waals surface area contributed by atoms with Gasteiger partial charge in [0.2, 0.25) is 0 Å². The van der Waals surface area contributed by atoms with Gasteiger partial charge in [-0.1, -0.05) is 35.7 Å². The Balaban J connectivity index is 2.18. The molecule has 0 aliphatic heterocycles. The number of fused-ring (bicyclic) bond motifs is 1. The minimum atomic E-state index is 0.618. The molecule has 1 aromatic heterocycles. The number of hydrogen-bond acceptors (Lipinski definition) is 1. The number of nitrogens with zero attached hydrogens (tertiary/aromatic N) is 2. The molecule has 2 aromatic rings. The van der Waals surface area contributed by atoms with Crippen LogP contribution < -0.4 is 0 Å². The van der Waals surface area contributed by atoms with Crippen LogP contribution in [-0.2, 0) is 6.42 Å². The highest BCUT2D eigenvalue weighted by Crippen LogP contribution is 2.33. The van der Waals surface area contributed by atoms with Gasteiger partial charge in [-0.3, -0.25) is 4.68 Å². The Labute approximate surface area is 110 Å². The van der Waals surface area contributed by atoms with Crippen LogP contribution in [0.25, 0.3) is 10.9 Å². The maximum absolute atomic E-state index is 4.83. The van der Waals surface area contributed by atoms with E-state index in [4.69, 9.17) is 5.10 Å². The number of hydrogen-bond donors (Lipinski definition) is 0. The molecule has 3 rings (SSSR count). The summed E-state index contributed by atoms with van der Waals surface area (Å²) in [5.41, 5.74) is 2.53. The fraction of sp³-hybridized carbons (Fsp3) is 0.500. The van der Waals surface area contributed by atoms with Crippen molar-refractivity contribution in [1.82, 2.24) is 9.78 Å². The van der Waals surface area contributed by atoms with Gasteiger partial charge in [0.1, 0.15) is 0 Å². The molecule has 1 heterocycles. The summed E-state index contributed by atoms with van der Waals surface area (Å²) in [6, 6.07) is 7.13. The van der Waals surface area contributed by atoms with Gasteiger partial charge >= 0.3 is 0 Å². The Hall–Kier alpha value is -0.830. The van der Waals surface area contributed by atoms with E-state index in [1.54, 1.807) is 0 Å². The van der Waals surface area contributed by atoms with Crippen molar-refractivity contribution >= 4 is 26.8 Å². The fourth-order valence-electron chi connectivity index (χ4n) is 2.86. The lowest BCUT2D eigenvalue weighted by Crippen LogP contribution is -2.06. The quantitative estimate of drug-likeness (QED) is 0.798. The second kappa shape index (κ2) is 4.45. The van der Waals surface area contributed by atoms with Crippen LogP contribution in [-0.4, -0.2) is 9.78 Å². The Kier molecular flexibility index (Phi) is 2.95. The van der Waals surface area contributed by atoms with E-state index in [9.17, 15) is 0 Å². The lowest BCUT2D eigenvalue weighted by atomic mass is 10.2. The lowest BCUT2D eigenvalue weighted by molar-refractivity contribution is 0.477. The first-order valence-electron chi connectivity index (χ1n) is 6.46. The number of aryl methyl sites for hydroxylation is 1. The van der Waals surface area contributed by atoms with E-state index < -0.39 is 0 Å². The highest BCUT2D eigenvalue weighted by Gasteiger charge is 2.21. The molecule has 3 heteroatoms. The van der Waals surface area contributed by atoms with Crippen molar-refractivity contribution in [3.05, 3.63) is 28.4 Å². The van der Waals surface area contributed by atoms with E-state index in [0.717, 1.165) is 10.9 Å². The first-order chi connectivity index (χ1) is 8.29. The van der Waals surface area contributed by atoms with Crippen LogP contribution in [0.3, 0.4) is 0 Å². The van der Waals surface area contributed by atoms with Gasteiger partial charge in [-0.25, -0.2) is 0 Å². The molecule has 1 saturated carbocycles. The van der Waals surface area contributed by atoms with Crippen molar-refractivity contribution in [3.8, 4) is 0 Å². The molecule has 1 aliphatic carbocycles. The molecule has 0 unspecified atom stereocenters. The molecule has 1 aromatic carbocycles. The minimum absolute atomic E-state index is 0.618. The molecule has 0 saturated heterocycles. The largest absolute Gasteiger partial charge is 0.261 e. The van der Waals surface area contributed by atoms with Crippen LogP contribution in [0.15, 0.2) is 22.7 Å². The first kappa shape index (κ1) is 11.3. The van der Waals surface area contributed by atoms with E-state index in [1.165, 1.54) is 42.3 Å². The van der Waals surface area contributed by atoms with Crippen LogP contribution in [0.4, 0.5) is 0 Å². The van der Waals surface area contributed by atoms with Gasteiger partial charge in [-0.05, 0) is 37.5 Å². The molecular formula is C14H17BrN2. The third-order valence-corrected chi connectivity index (χ3v) is 4.24. The first-order valence-corrected chi connectivity index (χ1v) is 7.25. The summed E-state index contributed by atoms with van der Waals surface area (Å²) in [4.78, 5) is 0. The van der Waals surface area contributed by atoms with Crippen molar-refractivity contribution in [2.75, 3.05) is 0 Å². The van der Waals surface area contributed by atoms with Crippen LogP contribution in [0.2, 0.25) is 0 Å². The number of halogens is 1. The van der Waals surface area contributed by atoms with E-state index in [2.05, 4.69) is 45.7 Å². The van der Waals surface area contributed by atoms with Gasteiger partial charge in [0.05, 0.1) is 17.3 Å². The summed E-state index contributed by atoms with van der Waals surface area (Å²) < 4.78 is 3.41. The Morgan fingerprint density at radius 3 is 2.82 bits per heavy atom. The normalized spacial score (nSPS) is 17.1. The topological polar surface area (TPSA) is 17.8 Å². The van der Waals surface area contributed by atoms with Crippen molar-refractivity contribution in [3.63, 3.8) is 0 Å². The van der Waals surface area contributed by atoms with E-state index in [-0.39, 0.29) is 0 Å². The summed E-state index contributed by atoms with van der Waals surface area (Å²) in [5.74, 6) is 0. The standard InChI is InChI=1S/C14H17BrN2/c1-2-13-12-8-7-10(15)9-14(12)17(16-13)11-5-3-4-6-11/h7-9,11H,2-6H2,1H3. The minimum Gasteiger partial charge on any atom is -0.261 e. The van der Waals surface area contributed by atoms with Gasteiger partial charge < -0.3 is 0 Å². The highest BCUT2D eigenvalue weighted by molar-refractivity contribution is 9.10. The Morgan fingerprint density at radius 2 is 2.12 bits per heavy atom. The molecule has 17 heavy (non-hydrogen) atoms. The third kappa shape index (κ3) is 1.90. The predicted octanol–water partition coefficient (Wildman–Crippen LogP) is 4.48. The maximum Gasteiger partial charge on any atom is 0.0700 e. The average molecular weight is 293 g/mol. The molecule has 0 bridgehead atoms. The van der Waals surface area contributed by atoms with E-state index >= 15 is 0 Å². The monoisotopic (exact) mass is 292 g/mol. The van der Waals surface area contributed by atoms with Crippen molar-refractivity contribution in [2.45, 2.75) is 45.1 Å². The number of rotatable bonds is 2. The summed E-state index contributed by atoms with van der Waals surface area (Å²) in [6.45, 7) is 2.18. The summed E-state index contributed by atoms with van der Waals surface area (Å²) >= 11 is 3.57. The van der Waals surface area contributed by atoms with Gasteiger partial charge in [-0.15, -0.1) is 0 Å². The van der Waals surface area contributed by atoms with Gasteiger partial charge in [0.25, 0.3) is 0 Å². The SMILES string of the molecule is CCc1nn(C2CCCC2)c2cc(Br)ccc12. The Morgan fingerprint density at radius 1 is 1.35 bits per heavy atom. The molecule has 0 amide bonds. The second-order valence-electron chi connectivity index (χ2n) is 4.84. The van der Waals surface area contributed by atoms with Crippen molar-refractivity contribution in [2.24, 2.45) is 0 Å². The maximum atomic E-state index is 4.83. The molecule has 90 valence electrons. The molecule has 0 radical (unpaired) electrons. The zero-order valence-corrected chi connectivity index (χ0v) is 11.7. The van der Waals surface area contributed by atoms with Crippen LogP contribution in [0, 0.1) is 0 Å². The fourth-order valence-corrected chi connectivity index (χ4v) is 3.21. The number of benzene rings is 1. The molecule has 1 aliphatic rings. The highest BCUT2D eigenvalue weighted by atomic mass is 79.9. The van der Waals surface area contributed by atoms with Gasteiger partial charge in [0.15, 0.2) is 0 Å². The van der Waals surface area contributed by atoms with E-state index in [1.807, 2.05) is 0 Å². The van der Waals surface area contributed by atoms with Gasteiger partial charge in [0, 0.05) is 9.86 Å². The third-order valence-electron chi connectivity index (χ3n) is 3.75. The lowest BCUT2D eigenvalue weighted by Gasteiger charge is -2.11. The van der Waals surface area contributed by atoms with Crippen LogP contribution in [0.5, 0.6) is 0 Å². The number of aromatic nitrogens is 2. The molecule has 0 spiro atoms. The molecule has 0 atom stereocenters. The second-order valence-corrected chi connectivity index (χ2v) is 5.76. The van der Waals surface area contributed by atoms with Crippen LogP contribution in [0.1, 0.15) is 44.3 Å². The molecular weight excluding hydrogens is 276 g/mol. The summed E-state index contributed by atoms with van der Waals surface area (Å²) in [5, 5.41) is 6.15. The summed E-state index contributed by atoms with van der Waals surface area (Å²) in [6.07, 6.45) is 6.28. The molecule has 2 nitrogen and oxygen atoms in total. The van der Waals surface area contributed by atoms with E-state index in [0.29, 0.717) is 6.04 Å². The van der Waals surface area contributed by atoms with Gasteiger partial charge in [-0.2, -0.15) is 5.10 Å². The zero-order valence-electron chi connectivity index (χ0n) is 10.1. The molecule has 0 N–H and O–H groups in total. The molecule has 1 fully saturated rings. The zero-order chi connectivity index (χ0) is 11.8.